The van der Waals surface area contributed by atoms with Crippen LogP contribution in [0, 0.1) is 18.3 Å². The van der Waals surface area contributed by atoms with Crippen LogP contribution in [-0.2, 0) is 6.42 Å². The number of aryl methyl sites for hydroxylation is 1. The van der Waals surface area contributed by atoms with Crippen molar-refractivity contribution in [2.45, 2.75) is 33.1 Å². The lowest BCUT2D eigenvalue weighted by Gasteiger charge is -2.12. The van der Waals surface area contributed by atoms with Gasteiger partial charge in [0.2, 0.25) is 0 Å². The largest absolute Gasteiger partial charge is 0.279 e. The zero-order valence-corrected chi connectivity index (χ0v) is 17.4. The molecule has 0 spiro atoms. The molecule has 2 aliphatic rings. The number of rotatable bonds is 2. The van der Waals surface area contributed by atoms with Gasteiger partial charge in [-0.15, -0.1) is 0 Å². The molecular formula is C26H23N3O. The molecule has 30 heavy (non-hydrogen) atoms. The number of aromatic nitrogens is 3. The summed E-state index contributed by atoms with van der Waals surface area (Å²) in [6.45, 7) is 6.69. The molecular weight excluding hydrogens is 370 g/mol. The molecule has 1 saturated carbocycles. The zero-order valence-electron chi connectivity index (χ0n) is 17.4. The van der Waals surface area contributed by atoms with E-state index in [0.717, 1.165) is 40.0 Å². The lowest BCUT2D eigenvalue weighted by atomic mass is 9.98. The minimum atomic E-state index is -0.0609. The van der Waals surface area contributed by atoms with Crippen molar-refractivity contribution in [2.75, 3.05) is 0 Å². The SMILES string of the molecule is Cc1nn(C(=O)c2cc(-c3ccccc3)nc3ccccc23)c2c1[C@H]1[C@@H](C2)C1(C)C. The van der Waals surface area contributed by atoms with E-state index < -0.39 is 0 Å². The number of fused-ring (bicyclic) bond motifs is 4. The van der Waals surface area contributed by atoms with Crippen LogP contribution in [0.15, 0.2) is 60.7 Å². The van der Waals surface area contributed by atoms with Crippen molar-refractivity contribution in [1.29, 1.82) is 0 Å². The minimum Gasteiger partial charge on any atom is -0.267 e. The molecule has 4 aromatic rings. The molecule has 6 rings (SSSR count). The summed E-state index contributed by atoms with van der Waals surface area (Å²) in [7, 11) is 0. The number of carbonyl (C=O) groups excluding carboxylic acids is 1. The number of para-hydroxylation sites is 1. The maximum Gasteiger partial charge on any atom is 0.279 e. The molecule has 2 heterocycles. The van der Waals surface area contributed by atoms with E-state index in [-0.39, 0.29) is 5.91 Å². The Balaban J connectivity index is 1.52. The van der Waals surface area contributed by atoms with Crippen molar-refractivity contribution >= 4 is 16.8 Å². The van der Waals surface area contributed by atoms with Gasteiger partial charge in [0.25, 0.3) is 5.91 Å². The highest BCUT2D eigenvalue weighted by Crippen LogP contribution is 2.70. The van der Waals surface area contributed by atoms with E-state index in [1.54, 1.807) is 4.68 Å². The summed E-state index contributed by atoms with van der Waals surface area (Å²) < 4.78 is 1.67. The number of pyridine rings is 1. The van der Waals surface area contributed by atoms with E-state index >= 15 is 0 Å². The number of carbonyl (C=O) groups is 1. The van der Waals surface area contributed by atoms with Gasteiger partial charge in [0, 0.05) is 16.5 Å². The Morgan fingerprint density at radius 3 is 2.60 bits per heavy atom. The van der Waals surface area contributed by atoms with Crippen LogP contribution in [0.25, 0.3) is 22.2 Å². The number of nitrogens with zero attached hydrogens (tertiary/aromatic N) is 3. The first-order chi connectivity index (χ1) is 14.5. The summed E-state index contributed by atoms with van der Waals surface area (Å²) in [5.74, 6) is 1.12. The lowest BCUT2D eigenvalue weighted by molar-refractivity contribution is 0.0942. The van der Waals surface area contributed by atoms with Crippen LogP contribution in [0.1, 0.15) is 47.1 Å². The number of hydrogen-bond donors (Lipinski definition) is 0. The Hall–Kier alpha value is -3.27. The van der Waals surface area contributed by atoms with E-state index in [1.807, 2.05) is 67.6 Å². The van der Waals surface area contributed by atoms with E-state index in [9.17, 15) is 4.79 Å². The number of benzene rings is 2. The molecule has 0 N–H and O–H groups in total. The van der Waals surface area contributed by atoms with E-state index in [4.69, 9.17) is 10.1 Å². The molecule has 4 nitrogen and oxygen atoms in total. The van der Waals surface area contributed by atoms with Crippen molar-refractivity contribution in [3.05, 3.63) is 83.2 Å². The Morgan fingerprint density at radius 2 is 1.80 bits per heavy atom. The Bertz CT molecular complexity index is 1330. The van der Waals surface area contributed by atoms with Gasteiger partial charge >= 0.3 is 0 Å². The molecule has 0 radical (unpaired) electrons. The molecule has 0 aliphatic heterocycles. The van der Waals surface area contributed by atoms with Crippen LogP contribution >= 0.6 is 0 Å². The highest BCUT2D eigenvalue weighted by molar-refractivity contribution is 6.08. The third kappa shape index (κ3) is 2.30. The highest BCUT2D eigenvalue weighted by Gasteiger charge is 2.64. The van der Waals surface area contributed by atoms with Crippen LogP contribution in [-0.4, -0.2) is 20.7 Å². The Morgan fingerprint density at radius 1 is 1.07 bits per heavy atom. The summed E-state index contributed by atoms with van der Waals surface area (Å²) >= 11 is 0. The molecule has 0 bridgehead atoms. The first kappa shape index (κ1) is 17.6. The minimum absolute atomic E-state index is 0.0609. The second-order valence-electron chi connectivity index (χ2n) is 9.21. The summed E-state index contributed by atoms with van der Waals surface area (Å²) in [5, 5.41) is 5.58. The van der Waals surface area contributed by atoms with Crippen molar-refractivity contribution in [2.24, 2.45) is 11.3 Å². The topological polar surface area (TPSA) is 47.8 Å². The van der Waals surface area contributed by atoms with Gasteiger partial charge in [-0.2, -0.15) is 5.10 Å². The molecule has 148 valence electrons. The van der Waals surface area contributed by atoms with Gasteiger partial charge in [0.05, 0.1) is 28.2 Å². The summed E-state index contributed by atoms with van der Waals surface area (Å²) in [5.41, 5.74) is 7.03. The molecule has 0 saturated heterocycles. The van der Waals surface area contributed by atoms with Crippen molar-refractivity contribution in [1.82, 2.24) is 14.8 Å². The fraction of sp³-hybridized carbons (Fsp3) is 0.269. The summed E-state index contributed by atoms with van der Waals surface area (Å²) in [4.78, 5) is 18.6. The van der Waals surface area contributed by atoms with Crippen molar-refractivity contribution < 1.29 is 4.79 Å². The summed E-state index contributed by atoms with van der Waals surface area (Å²) in [6.07, 6.45) is 0.939. The van der Waals surface area contributed by atoms with E-state index in [2.05, 4.69) is 13.8 Å². The second-order valence-corrected chi connectivity index (χ2v) is 9.21. The predicted molar refractivity (Wildman–Crippen MR) is 118 cm³/mol. The van der Waals surface area contributed by atoms with Gasteiger partial charge in [0.1, 0.15) is 0 Å². The second kappa shape index (κ2) is 5.88. The molecule has 2 aromatic heterocycles. The normalized spacial score (nSPS) is 20.8. The van der Waals surface area contributed by atoms with Gasteiger partial charge in [-0.25, -0.2) is 9.67 Å². The van der Waals surface area contributed by atoms with Crippen LogP contribution in [0.4, 0.5) is 0 Å². The maximum atomic E-state index is 13.8. The molecule has 4 heteroatoms. The quantitative estimate of drug-likeness (QED) is 0.459. The molecule has 2 aliphatic carbocycles. The molecule has 0 amide bonds. The van der Waals surface area contributed by atoms with E-state index in [1.165, 1.54) is 5.56 Å². The Labute approximate surface area is 175 Å². The third-order valence-corrected chi connectivity index (χ3v) is 7.19. The fourth-order valence-corrected chi connectivity index (χ4v) is 5.49. The first-order valence-corrected chi connectivity index (χ1v) is 10.5. The summed E-state index contributed by atoms with van der Waals surface area (Å²) in [6, 6.07) is 19.8. The van der Waals surface area contributed by atoms with Crippen LogP contribution in [0.5, 0.6) is 0 Å². The molecule has 2 aromatic carbocycles. The first-order valence-electron chi connectivity index (χ1n) is 10.5. The van der Waals surface area contributed by atoms with Gasteiger partial charge in [0.15, 0.2) is 0 Å². The zero-order chi connectivity index (χ0) is 20.6. The standard InChI is InChI=1S/C26H23N3O/c1-15-23-22(14-19-24(23)26(19,2)3)29(28-15)25(30)18-13-21(16-9-5-4-6-10-16)27-20-12-8-7-11-17(18)20/h4-13,19,24H,14H2,1-3H3/t19-,24-/m1/s1. The van der Waals surface area contributed by atoms with Crippen LogP contribution in [0.3, 0.4) is 0 Å². The van der Waals surface area contributed by atoms with Crippen LogP contribution in [0.2, 0.25) is 0 Å². The van der Waals surface area contributed by atoms with Gasteiger partial charge < -0.3 is 0 Å². The van der Waals surface area contributed by atoms with E-state index in [0.29, 0.717) is 22.8 Å². The van der Waals surface area contributed by atoms with Gasteiger partial charge in [-0.05, 0) is 42.7 Å². The smallest absolute Gasteiger partial charge is 0.267 e. The van der Waals surface area contributed by atoms with Crippen LogP contribution < -0.4 is 0 Å². The predicted octanol–water partition coefficient (Wildman–Crippen LogP) is 5.39. The monoisotopic (exact) mass is 393 g/mol. The fourth-order valence-electron chi connectivity index (χ4n) is 5.49. The number of hydrogen-bond acceptors (Lipinski definition) is 3. The molecule has 2 atom stereocenters. The average molecular weight is 393 g/mol. The van der Waals surface area contributed by atoms with Crippen molar-refractivity contribution in [3.63, 3.8) is 0 Å². The van der Waals surface area contributed by atoms with Gasteiger partial charge in [-0.1, -0.05) is 62.4 Å². The third-order valence-electron chi connectivity index (χ3n) is 7.19. The molecule has 1 fully saturated rings. The maximum absolute atomic E-state index is 13.8. The highest BCUT2D eigenvalue weighted by atomic mass is 16.2. The Kier molecular flexibility index (Phi) is 3.45. The average Bonchev–Trinajstić information content (AvgIpc) is 3.08. The van der Waals surface area contributed by atoms with Gasteiger partial charge in [-0.3, -0.25) is 4.79 Å². The van der Waals surface area contributed by atoms with Crippen molar-refractivity contribution in [3.8, 4) is 11.3 Å². The molecule has 0 unspecified atom stereocenters. The lowest BCUT2D eigenvalue weighted by Crippen LogP contribution is -2.18.